The molecular formula is C23H34Cl2N4O. The number of hydrogen-bond acceptors (Lipinski definition) is 4. The van der Waals surface area contributed by atoms with Gasteiger partial charge in [0.1, 0.15) is 5.54 Å². The summed E-state index contributed by atoms with van der Waals surface area (Å²) in [6.07, 6.45) is 0. The van der Waals surface area contributed by atoms with E-state index in [9.17, 15) is 4.79 Å². The first-order chi connectivity index (χ1) is 13.5. The average molecular weight is 453 g/mol. The summed E-state index contributed by atoms with van der Waals surface area (Å²) in [6.45, 7) is 8.08. The predicted octanol–water partition coefficient (Wildman–Crippen LogP) is 2.98. The molecule has 1 aliphatic rings. The number of nitrogens with two attached hydrogens (primary N) is 1. The van der Waals surface area contributed by atoms with Gasteiger partial charge < -0.3 is 15.5 Å². The lowest BCUT2D eigenvalue weighted by Crippen LogP contribution is -2.57. The average Bonchev–Trinajstić information content (AvgIpc) is 2.73. The van der Waals surface area contributed by atoms with Gasteiger partial charge in [-0.15, -0.1) is 24.8 Å². The van der Waals surface area contributed by atoms with Gasteiger partial charge in [-0.3, -0.25) is 9.69 Å². The van der Waals surface area contributed by atoms with Crippen molar-refractivity contribution in [2.45, 2.75) is 19.0 Å². The fraction of sp³-hybridized carbons (Fsp3) is 0.435. The molecule has 7 heteroatoms. The molecule has 1 amide bonds. The lowest BCUT2D eigenvalue weighted by atomic mass is 9.91. The molecule has 166 valence electrons. The third kappa shape index (κ3) is 6.96. The van der Waals surface area contributed by atoms with Gasteiger partial charge in [-0.25, -0.2) is 0 Å². The Bertz CT molecular complexity index is 750. The summed E-state index contributed by atoms with van der Waals surface area (Å²) in [7, 11) is 2.16. The molecule has 0 radical (unpaired) electrons. The molecule has 30 heavy (non-hydrogen) atoms. The quantitative estimate of drug-likeness (QED) is 0.701. The molecule has 2 aromatic carbocycles. The van der Waals surface area contributed by atoms with Gasteiger partial charge in [-0.05, 0) is 25.1 Å². The summed E-state index contributed by atoms with van der Waals surface area (Å²) in [5.41, 5.74) is 7.64. The molecule has 0 aromatic heterocycles. The highest BCUT2D eigenvalue weighted by Crippen LogP contribution is 2.21. The van der Waals surface area contributed by atoms with Crippen LogP contribution in [0.2, 0.25) is 0 Å². The molecule has 5 nitrogen and oxygen atoms in total. The van der Waals surface area contributed by atoms with E-state index in [1.807, 2.05) is 48.2 Å². The van der Waals surface area contributed by atoms with Gasteiger partial charge in [0.15, 0.2) is 0 Å². The Morgan fingerprint density at radius 1 is 0.967 bits per heavy atom. The molecule has 2 N–H and O–H groups in total. The number of nitrogens with zero attached hydrogens (tertiary/aromatic N) is 3. The Morgan fingerprint density at radius 2 is 1.50 bits per heavy atom. The molecule has 1 heterocycles. The normalized spacial score (nSPS) is 16.3. The molecule has 2 aromatic rings. The standard InChI is InChI=1S/C23H32N4O.2ClH/c1-23(24,21-11-7-4-8-12-21)22(28)27-17-15-26(16-18-27)14-13-25(2)19-20-9-5-3-6-10-20;;/h3-12H,13-19,24H2,1-2H3;2*1H. The molecule has 1 unspecified atom stereocenters. The van der Waals surface area contributed by atoms with Crippen LogP contribution in [0.25, 0.3) is 0 Å². The van der Waals surface area contributed by atoms with Crippen molar-refractivity contribution in [3.63, 3.8) is 0 Å². The number of rotatable bonds is 7. The van der Waals surface area contributed by atoms with Crippen LogP contribution in [0.4, 0.5) is 0 Å². The minimum atomic E-state index is -0.973. The smallest absolute Gasteiger partial charge is 0.247 e. The van der Waals surface area contributed by atoms with E-state index in [1.165, 1.54) is 5.56 Å². The lowest BCUT2D eigenvalue weighted by Gasteiger charge is -2.39. The molecule has 0 aliphatic carbocycles. The molecule has 1 saturated heterocycles. The van der Waals surface area contributed by atoms with Gasteiger partial charge in [0.05, 0.1) is 0 Å². The van der Waals surface area contributed by atoms with Crippen molar-refractivity contribution < 1.29 is 4.79 Å². The van der Waals surface area contributed by atoms with Crippen LogP contribution in [0.3, 0.4) is 0 Å². The summed E-state index contributed by atoms with van der Waals surface area (Å²) < 4.78 is 0. The van der Waals surface area contributed by atoms with E-state index in [0.29, 0.717) is 0 Å². The van der Waals surface area contributed by atoms with Crippen LogP contribution in [-0.2, 0) is 16.9 Å². The van der Waals surface area contributed by atoms with Gasteiger partial charge in [0.25, 0.3) is 0 Å². The Kier molecular flexibility index (Phi) is 10.8. The summed E-state index contributed by atoms with van der Waals surface area (Å²) in [6, 6.07) is 20.2. The predicted molar refractivity (Wildman–Crippen MR) is 128 cm³/mol. The first kappa shape index (κ1) is 26.4. The highest BCUT2D eigenvalue weighted by Gasteiger charge is 2.35. The maximum Gasteiger partial charge on any atom is 0.247 e. The zero-order valence-electron chi connectivity index (χ0n) is 17.9. The van der Waals surface area contributed by atoms with Crippen LogP contribution < -0.4 is 5.73 Å². The van der Waals surface area contributed by atoms with Crippen molar-refractivity contribution in [3.05, 3.63) is 71.8 Å². The van der Waals surface area contributed by atoms with Gasteiger partial charge in [0.2, 0.25) is 5.91 Å². The van der Waals surface area contributed by atoms with Crippen molar-refractivity contribution in [2.24, 2.45) is 5.73 Å². The van der Waals surface area contributed by atoms with Crippen LogP contribution in [0.1, 0.15) is 18.1 Å². The van der Waals surface area contributed by atoms with E-state index in [4.69, 9.17) is 5.73 Å². The van der Waals surface area contributed by atoms with Gasteiger partial charge in [-0.2, -0.15) is 0 Å². The van der Waals surface area contributed by atoms with Gasteiger partial charge in [0, 0.05) is 45.8 Å². The number of piperazine rings is 1. The monoisotopic (exact) mass is 452 g/mol. The minimum Gasteiger partial charge on any atom is -0.338 e. The van der Waals surface area contributed by atoms with Crippen molar-refractivity contribution in [1.29, 1.82) is 0 Å². The molecule has 3 rings (SSSR count). The topological polar surface area (TPSA) is 52.8 Å². The van der Waals surface area contributed by atoms with Crippen LogP contribution >= 0.6 is 24.8 Å². The molecule has 0 spiro atoms. The van der Waals surface area contributed by atoms with Crippen molar-refractivity contribution in [3.8, 4) is 0 Å². The second kappa shape index (κ2) is 12.3. The highest BCUT2D eigenvalue weighted by molar-refractivity contribution is 5.87. The molecular weight excluding hydrogens is 419 g/mol. The van der Waals surface area contributed by atoms with E-state index in [-0.39, 0.29) is 30.7 Å². The Balaban J connectivity index is 0.00000225. The van der Waals surface area contributed by atoms with Crippen LogP contribution in [-0.4, -0.2) is 66.9 Å². The summed E-state index contributed by atoms with van der Waals surface area (Å²) in [5, 5.41) is 0. The number of carbonyl (C=O) groups excluding carboxylic acids is 1. The molecule has 1 atom stereocenters. The summed E-state index contributed by atoms with van der Waals surface area (Å²) in [5.74, 6) is 0.0135. The minimum absolute atomic E-state index is 0. The van der Waals surface area contributed by atoms with Crippen LogP contribution in [0.5, 0.6) is 0 Å². The Morgan fingerprint density at radius 3 is 2.07 bits per heavy atom. The van der Waals surface area contributed by atoms with E-state index < -0.39 is 5.54 Å². The van der Waals surface area contributed by atoms with Crippen molar-refractivity contribution >= 4 is 30.7 Å². The fourth-order valence-corrected chi connectivity index (χ4v) is 3.70. The first-order valence-corrected chi connectivity index (χ1v) is 10.1. The summed E-state index contributed by atoms with van der Waals surface area (Å²) >= 11 is 0. The lowest BCUT2D eigenvalue weighted by molar-refractivity contribution is -0.138. The third-order valence-corrected chi connectivity index (χ3v) is 5.57. The molecule has 0 saturated carbocycles. The summed E-state index contributed by atoms with van der Waals surface area (Å²) in [4.78, 5) is 19.7. The van der Waals surface area contributed by atoms with Gasteiger partial charge >= 0.3 is 0 Å². The largest absolute Gasteiger partial charge is 0.338 e. The van der Waals surface area contributed by atoms with Crippen molar-refractivity contribution in [1.82, 2.24) is 14.7 Å². The second-order valence-corrected chi connectivity index (χ2v) is 7.93. The number of likely N-dealkylation sites (N-methyl/N-ethyl adjacent to an activating group) is 1. The second-order valence-electron chi connectivity index (χ2n) is 7.93. The number of hydrogen-bond donors (Lipinski definition) is 1. The van der Waals surface area contributed by atoms with Crippen molar-refractivity contribution in [2.75, 3.05) is 46.3 Å². The third-order valence-electron chi connectivity index (χ3n) is 5.57. The maximum absolute atomic E-state index is 13.0. The molecule has 0 bridgehead atoms. The number of benzene rings is 2. The van der Waals surface area contributed by atoms with Gasteiger partial charge in [-0.1, -0.05) is 60.7 Å². The van der Waals surface area contributed by atoms with Crippen LogP contribution in [0, 0.1) is 0 Å². The number of amides is 1. The number of halogens is 2. The number of carbonyl (C=O) groups is 1. The fourth-order valence-electron chi connectivity index (χ4n) is 3.70. The zero-order chi connectivity index (χ0) is 20.0. The Labute approximate surface area is 193 Å². The van der Waals surface area contributed by atoms with E-state index in [2.05, 4.69) is 41.1 Å². The maximum atomic E-state index is 13.0. The SMILES string of the molecule is CN(CCN1CCN(C(=O)C(C)(N)c2ccccc2)CC1)Cc1ccccc1.Cl.Cl. The first-order valence-electron chi connectivity index (χ1n) is 10.1. The zero-order valence-corrected chi connectivity index (χ0v) is 19.5. The highest BCUT2D eigenvalue weighted by atomic mass is 35.5. The Hall–Kier alpha value is -1.63. The van der Waals surface area contributed by atoms with Crippen LogP contribution in [0.15, 0.2) is 60.7 Å². The molecule has 1 aliphatic heterocycles. The molecule has 1 fully saturated rings. The van der Waals surface area contributed by atoms with E-state index in [1.54, 1.807) is 0 Å². The van der Waals surface area contributed by atoms with E-state index in [0.717, 1.165) is 51.4 Å². The van der Waals surface area contributed by atoms with E-state index >= 15 is 0 Å².